The van der Waals surface area contributed by atoms with Gasteiger partial charge in [0.1, 0.15) is 5.52 Å². The van der Waals surface area contributed by atoms with Crippen LogP contribution in [-0.2, 0) is 14.4 Å². The normalized spacial score (nSPS) is 13.4. The van der Waals surface area contributed by atoms with E-state index in [0.717, 1.165) is 5.92 Å². The summed E-state index contributed by atoms with van der Waals surface area (Å²) in [5.41, 5.74) is 2.95. The smallest absolute Gasteiger partial charge is 0.305 e. The molecule has 0 radical (unpaired) electrons. The number of allylic oxidation sites excluding steroid dienone is 3. The van der Waals surface area contributed by atoms with Crippen LogP contribution in [0.5, 0.6) is 11.5 Å². The van der Waals surface area contributed by atoms with Gasteiger partial charge in [0.15, 0.2) is 17.1 Å². The van der Waals surface area contributed by atoms with E-state index in [-0.39, 0.29) is 31.7 Å². The Balaban J connectivity index is 0.00000119. The molecule has 228 valence electrons. The Bertz CT molecular complexity index is 1510. The van der Waals surface area contributed by atoms with Crippen LogP contribution < -0.4 is 25.4 Å². The van der Waals surface area contributed by atoms with Gasteiger partial charge in [-0.25, -0.2) is 0 Å². The van der Waals surface area contributed by atoms with Crippen molar-refractivity contribution in [2.24, 2.45) is 5.92 Å². The summed E-state index contributed by atoms with van der Waals surface area (Å²) >= 11 is 0. The Kier molecular flexibility index (Phi) is 11.5. The Hall–Kier alpha value is -5.06. The number of aromatic nitrogens is 1. The number of hydrogen-bond acceptors (Lipinski definition) is 8. The molecule has 1 aliphatic rings. The summed E-state index contributed by atoms with van der Waals surface area (Å²) in [5, 5.41) is 17.6. The van der Waals surface area contributed by atoms with Gasteiger partial charge in [0.2, 0.25) is 18.6 Å². The van der Waals surface area contributed by atoms with Gasteiger partial charge >= 0.3 is 5.97 Å². The lowest BCUT2D eigenvalue weighted by Gasteiger charge is -2.19. The minimum Gasteiger partial charge on any atom is -0.481 e. The fourth-order valence-electron chi connectivity index (χ4n) is 3.95. The zero-order valence-electron chi connectivity index (χ0n) is 24.8. The van der Waals surface area contributed by atoms with Crippen LogP contribution in [0.3, 0.4) is 0 Å². The van der Waals surface area contributed by atoms with Crippen molar-refractivity contribution < 1.29 is 33.4 Å². The maximum Gasteiger partial charge on any atom is 0.305 e. The van der Waals surface area contributed by atoms with Crippen LogP contribution in [0.25, 0.3) is 11.1 Å². The summed E-state index contributed by atoms with van der Waals surface area (Å²) in [4.78, 5) is 41.2. The average Bonchev–Trinajstić information content (AvgIpc) is 3.59. The third kappa shape index (κ3) is 9.49. The molecule has 0 fully saturated rings. The van der Waals surface area contributed by atoms with Gasteiger partial charge in [0.25, 0.3) is 6.01 Å². The number of ether oxygens (including phenoxy) is 2. The quantitative estimate of drug-likeness (QED) is 0.202. The molecule has 2 amide bonds. The number of nitrogens with one attached hydrogen (secondary N) is 3. The number of hydrogen-bond donors (Lipinski definition) is 4. The van der Waals surface area contributed by atoms with Crippen molar-refractivity contribution in [1.82, 2.24) is 15.6 Å². The van der Waals surface area contributed by atoms with Crippen LogP contribution in [0.2, 0.25) is 0 Å². The van der Waals surface area contributed by atoms with E-state index >= 15 is 0 Å². The minimum atomic E-state index is -1.09. The number of aliphatic carboxylic acids is 1. The molecule has 2 heterocycles. The van der Waals surface area contributed by atoms with Crippen molar-refractivity contribution in [3.8, 4) is 11.5 Å². The molecule has 0 bridgehead atoms. The van der Waals surface area contributed by atoms with E-state index in [1.807, 2.05) is 0 Å². The monoisotopic (exact) mass is 590 g/mol. The van der Waals surface area contributed by atoms with Crippen LogP contribution in [0.4, 0.5) is 6.01 Å². The Morgan fingerprint density at radius 3 is 2.40 bits per heavy atom. The molecule has 2 atom stereocenters. The molecular weight excluding hydrogens is 552 g/mol. The first kappa shape index (κ1) is 32.5. The molecule has 43 heavy (non-hydrogen) atoms. The van der Waals surface area contributed by atoms with E-state index in [1.165, 1.54) is 0 Å². The number of anilines is 1. The van der Waals surface area contributed by atoms with Crippen molar-refractivity contribution in [2.45, 2.75) is 46.1 Å². The van der Waals surface area contributed by atoms with Crippen molar-refractivity contribution in [3.63, 3.8) is 0 Å². The maximum atomic E-state index is 12.8. The lowest BCUT2D eigenvalue weighted by atomic mass is 10.00. The van der Waals surface area contributed by atoms with E-state index in [4.69, 9.17) is 13.9 Å². The fraction of sp³-hybridized carbons (Fsp3) is 0.312. The van der Waals surface area contributed by atoms with Crippen LogP contribution in [-0.4, -0.2) is 41.2 Å². The summed E-state index contributed by atoms with van der Waals surface area (Å²) in [5.74, 6) is -0.761. The number of fused-ring (bicyclic) bond motifs is 2. The predicted octanol–water partition coefficient (Wildman–Crippen LogP) is 5.44. The summed E-state index contributed by atoms with van der Waals surface area (Å²) in [6, 6.07) is 9.61. The van der Waals surface area contributed by atoms with Gasteiger partial charge < -0.3 is 34.9 Å². The van der Waals surface area contributed by atoms with E-state index < -0.39 is 23.8 Å². The summed E-state index contributed by atoms with van der Waals surface area (Å²) in [7, 11) is 0. The van der Waals surface area contributed by atoms with Gasteiger partial charge in [-0.3, -0.25) is 14.4 Å². The van der Waals surface area contributed by atoms with E-state index in [1.54, 1.807) is 61.5 Å². The first-order valence-electron chi connectivity index (χ1n) is 13.8. The zero-order chi connectivity index (χ0) is 31.5. The third-order valence-corrected chi connectivity index (χ3v) is 6.01. The van der Waals surface area contributed by atoms with Crippen molar-refractivity contribution in [1.29, 1.82) is 0 Å². The molecule has 11 heteroatoms. The van der Waals surface area contributed by atoms with Gasteiger partial charge in [-0.05, 0) is 60.4 Å². The summed E-state index contributed by atoms with van der Waals surface area (Å²) in [6.45, 7) is 15.3. The van der Waals surface area contributed by atoms with Crippen LogP contribution in [0, 0.1) is 5.92 Å². The lowest BCUT2D eigenvalue weighted by molar-refractivity contribution is -0.138. The molecule has 0 aliphatic carbocycles. The highest BCUT2D eigenvalue weighted by Gasteiger charge is 2.23. The average molecular weight is 591 g/mol. The molecule has 4 N–H and O–H groups in total. The molecule has 4 rings (SSSR count). The number of carbonyl (C=O) groups excluding carboxylic acids is 2. The highest BCUT2D eigenvalue weighted by atomic mass is 16.7. The molecule has 11 nitrogen and oxygen atoms in total. The SMILES string of the molecule is C=C/C=C(\C=C)Nc1nc2ccc(C(C)C(=O)NCC(=O)NC(CC(=O)O)c3ccc4c(c3)OCO4)cc2o1.CC(C)C. The van der Waals surface area contributed by atoms with Gasteiger partial charge in [-0.1, -0.05) is 52.1 Å². The summed E-state index contributed by atoms with van der Waals surface area (Å²) < 4.78 is 16.4. The first-order chi connectivity index (χ1) is 20.5. The number of carboxylic acid groups (broad SMARTS) is 1. The molecule has 0 spiro atoms. The van der Waals surface area contributed by atoms with Crippen LogP contribution in [0.1, 0.15) is 57.2 Å². The number of nitrogens with zero attached hydrogens (tertiary/aromatic N) is 1. The number of rotatable bonds is 12. The predicted molar refractivity (Wildman–Crippen MR) is 164 cm³/mol. The first-order valence-corrected chi connectivity index (χ1v) is 13.8. The van der Waals surface area contributed by atoms with E-state index in [9.17, 15) is 19.5 Å². The van der Waals surface area contributed by atoms with Gasteiger partial charge in [0.05, 0.1) is 24.9 Å². The van der Waals surface area contributed by atoms with Crippen LogP contribution in [0.15, 0.2) is 77.9 Å². The Labute approximate surface area is 250 Å². The van der Waals surface area contributed by atoms with E-state index in [0.29, 0.717) is 39.4 Å². The second-order valence-corrected chi connectivity index (χ2v) is 10.4. The van der Waals surface area contributed by atoms with Gasteiger partial charge in [-0.2, -0.15) is 4.98 Å². The van der Waals surface area contributed by atoms with Crippen molar-refractivity contribution in [3.05, 3.63) is 84.6 Å². The molecule has 0 saturated carbocycles. The standard InChI is InChI=1S/C28H28N4O7.C4H10/c1-4-6-19(5-2)30-28-32-20-9-7-17(11-23(20)39-28)16(3)27(36)29-14-25(33)31-21(13-26(34)35)18-8-10-22-24(12-18)38-15-37-22;1-4(2)3/h4-12,16,21H,1-2,13-15H2,3H3,(H,29,36)(H,30,32)(H,31,33)(H,34,35);4H,1-3H3/b19-6+;. The molecular formula is C32H38N4O7. The third-order valence-electron chi connectivity index (χ3n) is 6.01. The number of carbonyl (C=O) groups is 3. The maximum absolute atomic E-state index is 12.8. The van der Waals surface area contributed by atoms with Crippen molar-refractivity contribution in [2.75, 3.05) is 18.7 Å². The van der Waals surface area contributed by atoms with Crippen molar-refractivity contribution >= 4 is 34.9 Å². The minimum absolute atomic E-state index is 0.0731. The molecule has 2 aromatic carbocycles. The molecule has 0 saturated heterocycles. The lowest BCUT2D eigenvalue weighted by Crippen LogP contribution is -2.40. The summed E-state index contributed by atoms with van der Waals surface area (Å²) in [6.07, 6.45) is 4.58. The van der Waals surface area contributed by atoms with Crippen LogP contribution >= 0.6 is 0 Å². The number of carboxylic acids is 1. The second kappa shape index (κ2) is 15.2. The largest absolute Gasteiger partial charge is 0.481 e. The van der Waals surface area contributed by atoms with Gasteiger partial charge in [-0.15, -0.1) is 0 Å². The zero-order valence-corrected chi connectivity index (χ0v) is 24.8. The number of amides is 2. The Morgan fingerprint density at radius 1 is 1.02 bits per heavy atom. The topological polar surface area (TPSA) is 152 Å². The number of benzene rings is 2. The number of oxazole rings is 1. The molecule has 1 aromatic heterocycles. The van der Waals surface area contributed by atoms with E-state index in [2.05, 4.69) is 54.9 Å². The molecule has 1 aliphatic heterocycles. The highest BCUT2D eigenvalue weighted by Crippen LogP contribution is 2.35. The van der Waals surface area contributed by atoms with Gasteiger partial charge in [0, 0.05) is 5.70 Å². The molecule has 3 aromatic rings. The molecule has 2 unspecified atom stereocenters. The highest BCUT2D eigenvalue weighted by molar-refractivity contribution is 5.89. The second-order valence-electron chi connectivity index (χ2n) is 10.4. The fourth-order valence-corrected chi connectivity index (χ4v) is 3.95. The Morgan fingerprint density at radius 2 is 1.72 bits per heavy atom.